The lowest BCUT2D eigenvalue weighted by atomic mass is 9.97. The van der Waals surface area contributed by atoms with Crippen molar-refractivity contribution in [3.05, 3.63) is 53.6 Å². The van der Waals surface area contributed by atoms with E-state index in [4.69, 9.17) is 5.73 Å². The lowest BCUT2D eigenvalue weighted by Gasteiger charge is -2.23. The van der Waals surface area contributed by atoms with Gasteiger partial charge in [0, 0.05) is 11.6 Å². The van der Waals surface area contributed by atoms with Crippen LogP contribution in [0.15, 0.2) is 42.5 Å². The van der Waals surface area contributed by atoms with Crippen molar-refractivity contribution in [3.8, 4) is 11.4 Å². The molecule has 1 unspecified atom stereocenters. The Balaban J connectivity index is 1.50. The van der Waals surface area contributed by atoms with Gasteiger partial charge in [0.05, 0.1) is 11.1 Å². The maximum absolute atomic E-state index is 11.6. The second-order valence-corrected chi connectivity index (χ2v) is 7.03. The number of hydrogen-bond acceptors (Lipinski definition) is 3. The number of benzene rings is 2. The second kappa shape index (κ2) is 7.30. The summed E-state index contributed by atoms with van der Waals surface area (Å²) < 4.78 is 0. The number of fused-ring (bicyclic) bond motifs is 1. The van der Waals surface area contributed by atoms with E-state index in [1.54, 1.807) is 6.07 Å². The molecular formula is C21H24N4O. The van der Waals surface area contributed by atoms with Crippen LogP contribution in [0.1, 0.15) is 41.6 Å². The van der Waals surface area contributed by atoms with E-state index in [0.29, 0.717) is 17.1 Å². The number of para-hydroxylation sites is 1. The highest BCUT2D eigenvalue weighted by Crippen LogP contribution is 2.23. The Labute approximate surface area is 153 Å². The van der Waals surface area contributed by atoms with Gasteiger partial charge in [-0.2, -0.15) is 0 Å². The number of rotatable bonds is 5. The first-order chi connectivity index (χ1) is 12.7. The van der Waals surface area contributed by atoms with Gasteiger partial charge >= 0.3 is 0 Å². The molecule has 1 fully saturated rings. The van der Waals surface area contributed by atoms with Crippen molar-refractivity contribution in [3.63, 3.8) is 0 Å². The highest BCUT2D eigenvalue weighted by atomic mass is 16.1. The summed E-state index contributed by atoms with van der Waals surface area (Å²) in [6.45, 7) is 1.16. The fraction of sp³-hybridized carbons (Fsp3) is 0.333. The number of nitrogens with one attached hydrogen (secondary N) is 2. The molecule has 1 aliphatic rings. The highest BCUT2D eigenvalue weighted by molar-refractivity contribution is 6.04. The molecule has 1 aromatic heterocycles. The van der Waals surface area contributed by atoms with Crippen molar-refractivity contribution in [2.45, 2.75) is 38.1 Å². The van der Waals surface area contributed by atoms with Gasteiger partial charge < -0.3 is 16.0 Å². The number of aromatic amines is 1. The molecule has 26 heavy (non-hydrogen) atoms. The van der Waals surface area contributed by atoms with Gasteiger partial charge in [0.1, 0.15) is 11.3 Å². The van der Waals surface area contributed by atoms with Crippen LogP contribution in [0, 0.1) is 0 Å². The minimum atomic E-state index is -0.458. The zero-order valence-electron chi connectivity index (χ0n) is 14.8. The summed E-state index contributed by atoms with van der Waals surface area (Å²) in [5.74, 6) is 0.300. The Morgan fingerprint density at radius 2 is 2.00 bits per heavy atom. The number of H-pyrrole nitrogens is 1. The molecule has 4 rings (SSSR count). The largest absolute Gasteiger partial charge is 0.366 e. The van der Waals surface area contributed by atoms with Crippen LogP contribution < -0.4 is 11.1 Å². The molecule has 0 saturated carbocycles. The number of aromatic nitrogens is 2. The SMILES string of the molecule is NC(=O)c1cccc2[nH]c(-c3ccc(CCC4CCCCN4)cc3)nc12. The maximum Gasteiger partial charge on any atom is 0.250 e. The number of amides is 1. The van der Waals surface area contributed by atoms with Crippen molar-refractivity contribution in [2.75, 3.05) is 6.54 Å². The molecule has 0 bridgehead atoms. The normalized spacial score (nSPS) is 17.5. The minimum absolute atomic E-state index is 0.446. The Morgan fingerprint density at radius 3 is 2.73 bits per heavy atom. The predicted octanol–water partition coefficient (Wildman–Crippen LogP) is 3.40. The number of carbonyl (C=O) groups excluding carboxylic acids is 1. The minimum Gasteiger partial charge on any atom is -0.366 e. The van der Waals surface area contributed by atoms with Crippen LogP contribution in [-0.2, 0) is 6.42 Å². The molecule has 134 valence electrons. The zero-order chi connectivity index (χ0) is 17.9. The quantitative estimate of drug-likeness (QED) is 0.661. The average Bonchev–Trinajstić information content (AvgIpc) is 3.11. The van der Waals surface area contributed by atoms with Gasteiger partial charge in [-0.3, -0.25) is 4.79 Å². The molecule has 1 atom stereocenters. The zero-order valence-corrected chi connectivity index (χ0v) is 14.8. The van der Waals surface area contributed by atoms with E-state index >= 15 is 0 Å². The fourth-order valence-corrected chi connectivity index (χ4v) is 3.71. The molecule has 1 saturated heterocycles. The Hall–Kier alpha value is -2.66. The Bertz CT molecular complexity index is 907. The van der Waals surface area contributed by atoms with E-state index in [9.17, 15) is 4.79 Å². The van der Waals surface area contributed by atoms with Crippen molar-refractivity contribution in [1.29, 1.82) is 0 Å². The van der Waals surface area contributed by atoms with Crippen molar-refractivity contribution in [1.82, 2.24) is 15.3 Å². The molecular weight excluding hydrogens is 324 g/mol. The van der Waals surface area contributed by atoms with E-state index in [0.717, 1.165) is 29.9 Å². The summed E-state index contributed by atoms with van der Waals surface area (Å²) in [5, 5.41) is 3.60. The fourth-order valence-electron chi connectivity index (χ4n) is 3.71. The van der Waals surface area contributed by atoms with Crippen LogP contribution in [0.3, 0.4) is 0 Å². The van der Waals surface area contributed by atoms with Gasteiger partial charge in [-0.25, -0.2) is 4.98 Å². The first-order valence-corrected chi connectivity index (χ1v) is 9.32. The van der Waals surface area contributed by atoms with Crippen LogP contribution in [0.2, 0.25) is 0 Å². The smallest absolute Gasteiger partial charge is 0.250 e. The first-order valence-electron chi connectivity index (χ1n) is 9.32. The topological polar surface area (TPSA) is 83.8 Å². The summed E-state index contributed by atoms with van der Waals surface area (Å²) in [5.41, 5.74) is 9.69. The van der Waals surface area contributed by atoms with Crippen LogP contribution in [0.4, 0.5) is 0 Å². The Morgan fingerprint density at radius 1 is 1.15 bits per heavy atom. The molecule has 3 aromatic rings. The molecule has 4 N–H and O–H groups in total. The monoisotopic (exact) mass is 348 g/mol. The average molecular weight is 348 g/mol. The number of hydrogen-bond donors (Lipinski definition) is 3. The molecule has 2 heterocycles. The number of primary amides is 1. The summed E-state index contributed by atoms with van der Waals surface area (Å²) in [6.07, 6.45) is 6.21. The first kappa shape index (κ1) is 16.8. The number of nitrogens with two attached hydrogens (primary N) is 1. The third-order valence-electron chi connectivity index (χ3n) is 5.20. The van der Waals surface area contributed by atoms with Crippen molar-refractivity contribution in [2.24, 2.45) is 5.73 Å². The van der Waals surface area contributed by atoms with Crippen molar-refractivity contribution < 1.29 is 4.79 Å². The molecule has 0 spiro atoms. The molecule has 1 amide bonds. The van der Waals surface area contributed by atoms with Crippen LogP contribution >= 0.6 is 0 Å². The molecule has 0 radical (unpaired) electrons. The maximum atomic E-state index is 11.6. The van der Waals surface area contributed by atoms with Gasteiger partial charge in [-0.15, -0.1) is 0 Å². The third-order valence-corrected chi connectivity index (χ3v) is 5.20. The number of piperidine rings is 1. The summed E-state index contributed by atoms with van der Waals surface area (Å²) in [6, 6.07) is 14.6. The van der Waals surface area contributed by atoms with E-state index in [1.807, 2.05) is 12.1 Å². The van der Waals surface area contributed by atoms with Crippen LogP contribution in [0.5, 0.6) is 0 Å². The number of aryl methyl sites for hydroxylation is 1. The summed E-state index contributed by atoms with van der Waals surface area (Å²) in [7, 11) is 0. The predicted molar refractivity (Wildman–Crippen MR) is 104 cm³/mol. The molecule has 1 aliphatic heterocycles. The number of nitrogens with zero attached hydrogens (tertiary/aromatic N) is 1. The highest BCUT2D eigenvalue weighted by Gasteiger charge is 2.13. The third kappa shape index (κ3) is 3.48. The van der Waals surface area contributed by atoms with Gasteiger partial charge in [-0.05, 0) is 49.9 Å². The van der Waals surface area contributed by atoms with Gasteiger partial charge in [-0.1, -0.05) is 36.8 Å². The van der Waals surface area contributed by atoms with Crippen LogP contribution in [-0.4, -0.2) is 28.5 Å². The van der Waals surface area contributed by atoms with Gasteiger partial charge in [0.25, 0.3) is 5.91 Å². The van der Waals surface area contributed by atoms with E-state index in [2.05, 4.69) is 39.6 Å². The molecule has 0 aliphatic carbocycles. The van der Waals surface area contributed by atoms with Gasteiger partial charge in [0.15, 0.2) is 0 Å². The van der Waals surface area contributed by atoms with Crippen LogP contribution in [0.25, 0.3) is 22.4 Å². The summed E-state index contributed by atoms with van der Waals surface area (Å²) in [4.78, 5) is 19.4. The lowest BCUT2D eigenvalue weighted by molar-refractivity contribution is 0.100. The Kier molecular flexibility index (Phi) is 4.71. The molecule has 5 heteroatoms. The standard InChI is InChI=1S/C21H24N4O/c22-20(26)17-5-3-6-18-19(17)25-21(24-18)15-10-7-14(8-11-15)9-12-16-4-1-2-13-23-16/h3,5-8,10-11,16,23H,1-2,4,9,12-13H2,(H2,22,26)(H,24,25). The van der Waals surface area contributed by atoms with Gasteiger partial charge in [0.2, 0.25) is 0 Å². The van der Waals surface area contributed by atoms with Crippen molar-refractivity contribution >= 4 is 16.9 Å². The summed E-state index contributed by atoms with van der Waals surface area (Å²) >= 11 is 0. The van der Waals surface area contributed by atoms with E-state index in [-0.39, 0.29) is 0 Å². The lowest BCUT2D eigenvalue weighted by Crippen LogP contribution is -2.34. The van der Waals surface area contributed by atoms with E-state index < -0.39 is 5.91 Å². The molecule has 5 nitrogen and oxygen atoms in total. The van der Waals surface area contributed by atoms with E-state index in [1.165, 1.54) is 31.2 Å². The second-order valence-electron chi connectivity index (χ2n) is 7.03. The molecule has 2 aromatic carbocycles. The number of imidazole rings is 1. The number of carbonyl (C=O) groups is 1.